The molecule has 0 aromatic heterocycles. The molecule has 0 radical (unpaired) electrons. The van der Waals surface area contributed by atoms with Gasteiger partial charge in [0.2, 0.25) is 10.0 Å². The third-order valence-corrected chi connectivity index (χ3v) is 6.10. The molecule has 112 valence electrons. The third kappa shape index (κ3) is 2.79. The summed E-state index contributed by atoms with van der Waals surface area (Å²) >= 11 is 6.01. The number of hydrogen-bond donors (Lipinski definition) is 2. The first kappa shape index (κ1) is 15.6. The van der Waals surface area contributed by atoms with Gasteiger partial charge in [0.1, 0.15) is 0 Å². The van der Waals surface area contributed by atoms with E-state index in [1.165, 1.54) is 16.4 Å². The lowest BCUT2D eigenvalue weighted by molar-refractivity contribution is 0.133. The summed E-state index contributed by atoms with van der Waals surface area (Å²) < 4.78 is 26.5. The van der Waals surface area contributed by atoms with Crippen molar-refractivity contribution in [2.45, 2.75) is 31.3 Å². The van der Waals surface area contributed by atoms with Crippen LogP contribution in [0.1, 0.15) is 18.9 Å². The van der Waals surface area contributed by atoms with Gasteiger partial charge < -0.3 is 10.8 Å². The molecule has 1 saturated heterocycles. The van der Waals surface area contributed by atoms with Crippen molar-refractivity contribution < 1.29 is 13.5 Å². The smallest absolute Gasteiger partial charge is 0.243 e. The lowest BCUT2D eigenvalue weighted by Crippen LogP contribution is -2.30. The molecule has 0 bridgehead atoms. The highest BCUT2D eigenvalue weighted by Gasteiger charge is 2.34. The van der Waals surface area contributed by atoms with Crippen molar-refractivity contribution in [3.05, 3.63) is 22.7 Å². The summed E-state index contributed by atoms with van der Waals surface area (Å²) in [5.41, 5.74) is 6.82. The van der Waals surface area contributed by atoms with Gasteiger partial charge in [-0.1, -0.05) is 11.6 Å². The number of sulfonamides is 1. The molecule has 0 amide bonds. The SMILES string of the molecule is Cc1c(N)cc(S(=O)(=O)N2CCC(C(C)O)C2)cc1Cl. The van der Waals surface area contributed by atoms with Crippen LogP contribution in [0, 0.1) is 12.8 Å². The van der Waals surface area contributed by atoms with Gasteiger partial charge in [-0.25, -0.2) is 8.42 Å². The fourth-order valence-electron chi connectivity index (χ4n) is 2.34. The second-order valence-electron chi connectivity index (χ2n) is 5.27. The van der Waals surface area contributed by atoms with Gasteiger partial charge in [0, 0.05) is 23.8 Å². The molecule has 1 aliphatic heterocycles. The van der Waals surface area contributed by atoms with Crippen LogP contribution in [-0.4, -0.2) is 37.0 Å². The minimum Gasteiger partial charge on any atom is -0.398 e. The van der Waals surface area contributed by atoms with E-state index in [0.717, 1.165) is 0 Å². The highest BCUT2D eigenvalue weighted by Crippen LogP contribution is 2.30. The summed E-state index contributed by atoms with van der Waals surface area (Å²) in [6, 6.07) is 2.87. The van der Waals surface area contributed by atoms with Crippen molar-refractivity contribution in [3.8, 4) is 0 Å². The second kappa shape index (κ2) is 5.52. The number of aliphatic hydroxyl groups is 1. The zero-order valence-corrected chi connectivity index (χ0v) is 13.1. The Kier molecular flexibility index (Phi) is 4.30. The number of hydrogen-bond acceptors (Lipinski definition) is 4. The topological polar surface area (TPSA) is 83.6 Å². The number of aliphatic hydroxyl groups excluding tert-OH is 1. The van der Waals surface area contributed by atoms with Gasteiger partial charge in [-0.3, -0.25) is 0 Å². The van der Waals surface area contributed by atoms with Crippen LogP contribution in [0.25, 0.3) is 0 Å². The largest absolute Gasteiger partial charge is 0.398 e. The van der Waals surface area contributed by atoms with Gasteiger partial charge in [-0.15, -0.1) is 0 Å². The molecule has 2 unspecified atom stereocenters. The van der Waals surface area contributed by atoms with Gasteiger partial charge in [-0.05, 0) is 43.9 Å². The monoisotopic (exact) mass is 318 g/mol. The van der Waals surface area contributed by atoms with Crippen LogP contribution in [-0.2, 0) is 10.0 Å². The highest BCUT2D eigenvalue weighted by atomic mass is 35.5. The molecular weight excluding hydrogens is 300 g/mol. The van der Waals surface area contributed by atoms with Crippen LogP contribution in [0.2, 0.25) is 5.02 Å². The maximum absolute atomic E-state index is 12.5. The normalized spacial score (nSPS) is 22.1. The minimum atomic E-state index is -3.61. The predicted octanol–water partition coefficient (Wildman–Crippen LogP) is 1.62. The Hall–Kier alpha value is -0.820. The van der Waals surface area contributed by atoms with Crippen molar-refractivity contribution in [3.63, 3.8) is 0 Å². The molecule has 2 atom stereocenters. The molecule has 1 aromatic rings. The molecule has 1 heterocycles. The molecule has 1 aliphatic rings. The fourth-order valence-corrected chi connectivity index (χ4v) is 4.20. The number of nitrogen functional groups attached to an aromatic ring is 1. The first-order chi connectivity index (χ1) is 9.23. The summed E-state index contributed by atoms with van der Waals surface area (Å²) in [4.78, 5) is 0.108. The minimum absolute atomic E-state index is 0.0250. The van der Waals surface area contributed by atoms with E-state index < -0.39 is 16.1 Å². The fraction of sp³-hybridized carbons (Fsp3) is 0.538. The summed E-state index contributed by atoms with van der Waals surface area (Å²) in [6.07, 6.45) is 0.147. The van der Waals surface area contributed by atoms with Crippen LogP contribution in [0.5, 0.6) is 0 Å². The van der Waals surface area contributed by atoms with E-state index in [1.54, 1.807) is 13.8 Å². The predicted molar refractivity (Wildman–Crippen MR) is 79.1 cm³/mol. The number of anilines is 1. The summed E-state index contributed by atoms with van der Waals surface area (Å²) in [7, 11) is -3.61. The summed E-state index contributed by atoms with van der Waals surface area (Å²) in [6.45, 7) is 4.16. The molecule has 0 saturated carbocycles. The Bertz CT molecular complexity index is 593. The van der Waals surface area contributed by atoms with Gasteiger partial charge in [0.05, 0.1) is 11.0 Å². The molecule has 3 N–H and O–H groups in total. The van der Waals surface area contributed by atoms with Crippen molar-refractivity contribution >= 4 is 27.3 Å². The van der Waals surface area contributed by atoms with E-state index in [4.69, 9.17) is 17.3 Å². The van der Waals surface area contributed by atoms with Crippen LogP contribution in [0.3, 0.4) is 0 Å². The van der Waals surface area contributed by atoms with Crippen LogP contribution in [0.4, 0.5) is 5.69 Å². The van der Waals surface area contributed by atoms with Crippen molar-refractivity contribution in [2.24, 2.45) is 5.92 Å². The van der Waals surface area contributed by atoms with Crippen LogP contribution in [0.15, 0.2) is 17.0 Å². The van der Waals surface area contributed by atoms with E-state index in [9.17, 15) is 13.5 Å². The molecule has 0 spiro atoms. The quantitative estimate of drug-likeness (QED) is 0.830. The number of nitrogens with two attached hydrogens (primary N) is 1. The first-order valence-electron chi connectivity index (χ1n) is 6.47. The number of nitrogens with zero attached hydrogens (tertiary/aromatic N) is 1. The van der Waals surface area contributed by atoms with Gasteiger partial charge >= 0.3 is 0 Å². The van der Waals surface area contributed by atoms with E-state index in [0.29, 0.717) is 35.8 Å². The van der Waals surface area contributed by atoms with E-state index in [2.05, 4.69) is 0 Å². The molecule has 1 aromatic carbocycles. The molecule has 0 aliphatic carbocycles. The Morgan fingerprint density at radius 1 is 1.50 bits per heavy atom. The Morgan fingerprint density at radius 2 is 2.15 bits per heavy atom. The lowest BCUT2D eigenvalue weighted by atomic mass is 10.0. The maximum Gasteiger partial charge on any atom is 0.243 e. The molecular formula is C13H19ClN2O3S. The molecule has 20 heavy (non-hydrogen) atoms. The summed E-state index contributed by atoms with van der Waals surface area (Å²) in [5.74, 6) is -0.0250. The average Bonchev–Trinajstić information content (AvgIpc) is 2.85. The average molecular weight is 319 g/mol. The summed E-state index contributed by atoms with van der Waals surface area (Å²) in [5, 5.41) is 9.91. The van der Waals surface area contributed by atoms with Gasteiger partial charge in [0.25, 0.3) is 0 Å². The van der Waals surface area contributed by atoms with E-state index in [1.807, 2.05) is 0 Å². The van der Waals surface area contributed by atoms with Crippen molar-refractivity contribution in [1.29, 1.82) is 0 Å². The van der Waals surface area contributed by atoms with Gasteiger partial charge in [0.15, 0.2) is 0 Å². The molecule has 2 rings (SSSR count). The Morgan fingerprint density at radius 3 is 2.65 bits per heavy atom. The zero-order valence-electron chi connectivity index (χ0n) is 11.5. The van der Waals surface area contributed by atoms with Crippen molar-refractivity contribution in [1.82, 2.24) is 4.31 Å². The number of halogens is 1. The molecule has 1 fully saturated rings. The Balaban J connectivity index is 2.32. The van der Waals surface area contributed by atoms with Crippen LogP contribution < -0.4 is 5.73 Å². The number of rotatable bonds is 3. The molecule has 5 nitrogen and oxygen atoms in total. The van der Waals surface area contributed by atoms with Crippen LogP contribution >= 0.6 is 11.6 Å². The Labute approximate surface area is 124 Å². The number of benzene rings is 1. The maximum atomic E-state index is 12.5. The van der Waals surface area contributed by atoms with E-state index in [-0.39, 0.29) is 10.8 Å². The third-order valence-electron chi connectivity index (χ3n) is 3.87. The molecule has 7 heteroatoms. The van der Waals surface area contributed by atoms with Gasteiger partial charge in [-0.2, -0.15) is 4.31 Å². The highest BCUT2D eigenvalue weighted by molar-refractivity contribution is 7.89. The zero-order chi connectivity index (χ0) is 15.1. The standard InChI is InChI=1S/C13H19ClN2O3S/c1-8-12(14)5-11(6-13(8)15)20(18,19)16-4-3-10(7-16)9(2)17/h5-6,9-10,17H,3-4,7,15H2,1-2H3. The lowest BCUT2D eigenvalue weighted by Gasteiger charge is -2.18. The first-order valence-corrected chi connectivity index (χ1v) is 8.29. The second-order valence-corrected chi connectivity index (χ2v) is 7.62. The van der Waals surface area contributed by atoms with E-state index >= 15 is 0 Å². The van der Waals surface area contributed by atoms with Crippen molar-refractivity contribution in [2.75, 3.05) is 18.8 Å².